The SMILES string of the molecule is COc1ccc(C(=O)N2CCN(S(=O)(=O)c3cn(C)nc3-c3ccncc3)CC2)cc1. The number of carbonyl (C=O) groups is 1. The van der Waals surface area contributed by atoms with E-state index in [0.29, 0.717) is 35.7 Å². The Bertz CT molecular complexity index is 1170. The van der Waals surface area contributed by atoms with Crippen LogP contribution < -0.4 is 4.74 Å². The molecule has 0 spiro atoms. The largest absolute Gasteiger partial charge is 0.497 e. The Morgan fingerprint density at radius 3 is 2.26 bits per heavy atom. The van der Waals surface area contributed by atoms with Crippen LogP contribution in [-0.2, 0) is 17.1 Å². The molecule has 0 radical (unpaired) electrons. The first-order chi connectivity index (χ1) is 14.9. The second-order valence-corrected chi connectivity index (χ2v) is 9.08. The summed E-state index contributed by atoms with van der Waals surface area (Å²) in [4.78, 5) is 18.6. The summed E-state index contributed by atoms with van der Waals surface area (Å²) >= 11 is 0. The summed E-state index contributed by atoms with van der Waals surface area (Å²) in [5.41, 5.74) is 1.62. The maximum atomic E-state index is 13.4. The van der Waals surface area contributed by atoms with Crippen LogP contribution in [0.3, 0.4) is 0 Å². The van der Waals surface area contributed by atoms with Gasteiger partial charge in [0.25, 0.3) is 5.91 Å². The van der Waals surface area contributed by atoms with Crippen LogP contribution in [0.2, 0.25) is 0 Å². The van der Waals surface area contributed by atoms with Crippen LogP contribution in [0.15, 0.2) is 59.9 Å². The second-order valence-electron chi connectivity index (χ2n) is 7.18. The van der Waals surface area contributed by atoms with Gasteiger partial charge in [-0.05, 0) is 36.4 Å². The summed E-state index contributed by atoms with van der Waals surface area (Å²) < 4.78 is 34.7. The predicted molar refractivity (Wildman–Crippen MR) is 114 cm³/mol. The smallest absolute Gasteiger partial charge is 0.253 e. The van der Waals surface area contributed by atoms with Crippen LogP contribution in [0, 0.1) is 0 Å². The standard InChI is InChI=1S/C21H23N5O4S/c1-24-15-19(20(23-24)16-7-9-22-10-8-16)31(28,29)26-13-11-25(12-14-26)21(27)17-3-5-18(30-2)6-4-17/h3-10,15H,11-14H2,1-2H3. The fraction of sp³-hybridized carbons (Fsp3) is 0.286. The van der Waals surface area contributed by atoms with Gasteiger partial charge in [0.1, 0.15) is 16.3 Å². The van der Waals surface area contributed by atoms with E-state index in [9.17, 15) is 13.2 Å². The van der Waals surface area contributed by atoms with Crippen molar-refractivity contribution >= 4 is 15.9 Å². The number of amides is 1. The second kappa shape index (κ2) is 8.48. The molecule has 2 aromatic heterocycles. The molecule has 3 aromatic rings. The van der Waals surface area contributed by atoms with Crippen LogP contribution in [0.5, 0.6) is 5.75 Å². The van der Waals surface area contributed by atoms with Gasteiger partial charge < -0.3 is 9.64 Å². The Labute approximate surface area is 180 Å². The van der Waals surface area contributed by atoms with Crippen LogP contribution in [0.1, 0.15) is 10.4 Å². The Morgan fingerprint density at radius 1 is 1.00 bits per heavy atom. The Balaban J connectivity index is 1.50. The summed E-state index contributed by atoms with van der Waals surface area (Å²) in [6.07, 6.45) is 4.72. The molecule has 1 fully saturated rings. The van der Waals surface area contributed by atoms with Crippen molar-refractivity contribution in [2.24, 2.45) is 7.05 Å². The van der Waals surface area contributed by atoms with Gasteiger partial charge in [0, 0.05) is 62.9 Å². The molecule has 1 amide bonds. The molecule has 1 saturated heterocycles. The third-order valence-corrected chi connectivity index (χ3v) is 7.13. The molecule has 0 N–H and O–H groups in total. The molecule has 162 valence electrons. The van der Waals surface area contributed by atoms with E-state index in [4.69, 9.17) is 4.74 Å². The van der Waals surface area contributed by atoms with Crippen LogP contribution >= 0.6 is 0 Å². The van der Waals surface area contributed by atoms with Gasteiger partial charge in [-0.25, -0.2) is 8.42 Å². The van der Waals surface area contributed by atoms with E-state index in [1.165, 1.54) is 15.2 Å². The van der Waals surface area contributed by atoms with Gasteiger partial charge in [-0.2, -0.15) is 9.40 Å². The molecule has 0 bridgehead atoms. The minimum absolute atomic E-state index is 0.126. The molecule has 0 unspecified atom stereocenters. The zero-order chi connectivity index (χ0) is 22.0. The van der Waals surface area contributed by atoms with Crippen molar-refractivity contribution in [3.05, 3.63) is 60.6 Å². The van der Waals surface area contributed by atoms with Crippen LogP contribution in [0.4, 0.5) is 0 Å². The number of hydrogen-bond donors (Lipinski definition) is 0. The minimum Gasteiger partial charge on any atom is -0.497 e. The van der Waals surface area contributed by atoms with Gasteiger partial charge in [0.05, 0.1) is 7.11 Å². The number of nitrogens with zero attached hydrogens (tertiary/aromatic N) is 5. The summed E-state index contributed by atoms with van der Waals surface area (Å²) in [5.74, 6) is 0.549. The monoisotopic (exact) mass is 441 g/mol. The zero-order valence-corrected chi connectivity index (χ0v) is 18.1. The summed E-state index contributed by atoms with van der Waals surface area (Å²) in [6.45, 7) is 1.06. The van der Waals surface area contributed by atoms with Gasteiger partial charge in [0.2, 0.25) is 10.0 Å². The molecule has 3 heterocycles. The average Bonchev–Trinajstić information content (AvgIpc) is 3.22. The number of hydrogen-bond acceptors (Lipinski definition) is 6. The lowest BCUT2D eigenvalue weighted by molar-refractivity contribution is 0.0698. The molecular weight excluding hydrogens is 418 g/mol. The number of sulfonamides is 1. The number of ether oxygens (including phenoxy) is 1. The maximum absolute atomic E-state index is 13.4. The molecule has 10 heteroatoms. The topological polar surface area (TPSA) is 97.6 Å². The molecule has 0 atom stereocenters. The van der Waals surface area contributed by atoms with Crippen molar-refractivity contribution in [2.45, 2.75) is 4.90 Å². The van der Waals surface area contributed by atoms with E-state index in [1.807, 2.05) is 0 Å². The molecule has 1 aliphatic heterocycles. The lowest BCUT2D eigenvalue weighted by atomic mass is 10.2. The van der Waals surface area contributed by atoms with E-state index >= 15 is 0 Å². The first-order valence-corrected chi connectivity index (χ1v) is 11.2. The number of rotatable bonds is 5. The quantitative estimate of drug-likeness (QED) is 0.597. The molecule has 0 aliphatic carbocycles. The molecule has 0 saturated carbocycles. The fourth-order valence-electron chi connectivity index (χ4n) is 3.55. The van der Waals surface area contributed by atoms with Gasteiger partial charge in [-0.1, -0.05) is 0 Å². The van der Waals surface area contributed by atoms with Crippen molar-refractivity contribution in [1.82, 2.24) is 24.0 Å². The van der Waals surface area contributed by atoms with Crippen molar-refractivity contribution < 1.29 is 17.9 Å². The van der Waals surface area contributed by atoms with E-state index in [2.05, 4.69) is 10.1 Å². The number of piperazine rings is 1. The highest BCUT2D eigenvalue weighted by Crippen LogP contribution is 2.28. The molecule has 1 aromatic carbocycles. The van der Waals surface area contributed by atoms with Crippen molar-refractivity contribution in [3.8, 4) is 17.0 Å². The first kappa shape index (κ1) is 21.0. The van der Waals surface area contributed by atoms with Gasteiger partial charge >= 0.3 is 0 Å². The normalized spacial score (nSPS) is 15.1. The van der Waals surface area contributed by atoms with Crippen LogP contribution in [0.25, 0.3) is 11.3 Å². The van der Waals surface area contributed by atoms with E-state index in [0.717, 1.165) is 0 Å². The molecular formula is C21H23N5O4S. The summed E-state index contributed by atoms with van der Waals surface area (Å²) in [7, 11) is -0.510. The third-order valence-electron chi connectivity index (χ3n) is 5.23. The number of pyridine rings is 1. The number of methoxy groups -OCH3 is 1. The fourth-order valence-corrected chi connectivity index (χ4v) is 5.16. The highest BCUT2D eigenvalue weighted by molar-refractivity contribution is 7.89. The highest BCUT2D eigenvalue weighted by Gasteiger charge is 2.33. The van der Waals surface area contributed by atoms with E-state index in [-0.39, 0.29) is 23.9 Å². The first-order valence-electron chi connectivity index (χ1n) is 9.77. The maximum Gasteiger partial charge on any atom is 0.253 e. The molecule has 4 rings (SSSR count). The molecule has 31 heavy (non-hydrogen) atoms. The number of benzene rings is 1. The van der Waals surface area contributed by atoms with Gasteiger partial charge in [-0.3, -0.25) is 14.5 Å². The minimum atomic E-state index is -3.77. The Kier molecular flexibility index (Phi) is 5.75. The number of carbonyl (C=O) groups excluding carboxylic acids is 1. The lowest BCUT2D eigenvalue weighted by Gasteiger charge is -2.34. The third kappa shape index (κ3) is 4.17. The van der Waals surface area contributed by atoms with Gasteiger partial charge in [-0.15, -0.1) is 0 Å². The van der Waals surface area contributed by atoms with Crippen molar-refractivity contribution in [3.63, 3.8) is 0 Å². The van der Waals surface area contributed by atoms with Crippen LogP contribution in [-0.4, -0.2) is 71.6 Å². The van der Waals surface area contributed by atoms with E-state index in [1.54, 1.807) is 67.8 Å². The average molecular weight is 442 g/mol. The zero-order valence-electron chi connectivity index (χ0n) is 17.3. The summed E-state index contributed by atoms with van der Waals surface area (Å²) in [6, 6.07) is 10.3. The number of aromatic nitrogens is 3. The summed E-state index contributed by atoms with van der Waals surface area (Å²) in [5, 5.41) is 4.35. The highest BCUT2D eigenvalue weighted by atomic mass is 32.2. The van der Waals surface area contributed by atoms with Crippen molar-refractivity contribution in [2.75, 3.05) is 33.3 Å². The molecule has 1 aliphatic rings. The Hall–Kier alpha value is -3.24. The Morgan fingerprint density at radius 2 is 1.65 bits per heavy atom. The predicted octanol–water partition coefficient (Wildman–Crippen LogP) is 1.64. The molecule has 9 nitrogen and oxygen atoms in total. The van der Waals surface area contributed by atoms with Crippen molar-refractivity contribution in [1.29, 1.82) is 0 Å². The lowest BCUT2D eigenvalue weighted by Crippen LogP contribution is -2.50. The van der Waals surface area contributed by atoms with Gasteiger partial charge in [0.15, 0.2) is 0 Å². The number of aryl methyl sites for hydroxylation is 1. The van der Waals surface area contributed by atoms with E-state index < -0.39 is 10.0 Å².